The number of halogens is 1. The highest BCUT2D eigenvalue weighted by Crippen LogP contribution is 2.33. The highest BCUT2D eigenvalue weighted by Gasteiger charge is 2.35. The van der Waals surface area contributed by atoms with Crippen molar-refractivity contribution in [1.82, 2.24) is 10.2 Å². The topological polar surface area (TPSA) is 52.6 Å². The summed E-state index contributed by atoms with van der Waals surface area (Å²) < 4.78 is 13.6. The minimum absolute atomic E-state index is 0.0378. The second-order valence-corrected chi connectivity index (χ2v) is 5.93. The summed E-state index contributed by atoms with van der Waals surface area (Å²) in [4.78, 5) is 14.0. The standard InChI is InChI=1S/C17H23FN2O2/c1-2-8-17(13-21)9-5-10-20(12-17)16(22)19-11-14-6-3-4-7-15(14)18/h2-4,6-7,21H,1,5,8-13H2,(H,19,22). The van der Waals surface area contributed by atoms with Crippen molar-refractivity contribution >= 4 is 6.03 Å². The number of hydrogen-bond donors (Lipinski definition) is 2. The molecule has 2 amide bonds. The Balaban J connectivity index is 1.94. The Bertz CT molecular complexity index is 535. The smallest absolute Gasteiger partial charge is 0.317 e. The predicted octanol–water partition coefficient (Wildman–Crippen LogP) is 2.69. The Morgan fingerprint density at radius 1 is 1.50 bits per heavy atom. The summed E-state index contributed by atoms with van der Waals surface area (Å²) in [7, 11) is 0. The van der Waals surface area contributed by atoms with Crippen molar-refractivity contribution in [3.8, 4) is 0 Å². The number of carbonyl (C=O) groups is 1. The van der Waals surface area contributed by atoms with Crippen LogP contribution in [0.5, 0.6) is 0 Å². The zero-order valence-electron chi connectivity index (χ0n) is 12.7. The van der Waals surface area contributed by atoms with Gasteiger partial charge >= 0.3 is 6.03 Å². The molecular formula is C17H23FN2O2. The minimum Gasteiger partial charge on any atom is -0.396 e. The maximum atomic E-state index is 13.6. The van der Waals surface area contributed by atoms with Gasteiger partial charge in [-0.3, -0.25) is 0 Å². The predicted molar refractivity (Wildman–Crippen MR) is 83.8 cm³/mol. The second-order valence-electron chi connectivity index (χ2n) is 5.93. The fourth-order valence-electron chi connectivity index (χ4n) is 2.97. The second kappa shape index (κ2) is 7.40. The fourth-order valence-corrected chi connectivity index (χ4v) is 2.97. The summed E-state index contributed by atoms with van der Waals surface area (Å²) in [6.45, 7) is 5.09. The first-order chi connectivity index (χ1) is 10.6. The average molecular weight is 306 g/mol. The van der Waals surface area contributed by atoms with Crippen LogP contribution in [0.2, 0.25) is 0 Å². The van der Waals surface area contributed by atoms with Crippen molar-refractivity contribution in [2.45, 2.75) is 25.8 Å². The van der Waals surface area contributed by atoms with Gasteiger partial charge in [-0.05, 0) is 25.3 Å². The van der Waals surface area contributed by atoms with Crippen molar-refractivity contribution in [3.63, 3.8) is 0 Å². The third-order valence-corrected chi connectivity index (χ3v) is 4.25. The first-order valence-corrected chi connectivity index (χ1v) is 7.58. The molecule has 2 N–H and O–H groups in total. The minimum atomic E-state index is -0.321. The molecule has 0 saturated carbocycles. The average Bonchev–Trinajstić information content (AvgIpc) is 2.54. The highest BCUT2D eigenvalue weighted by molar-refractivity contribution is 5.74. The van der Waals surface area contributed by atoms with Crippen molar-refractivity contribution < 1.29 is 14.3 Å². The fraction of sp³-hybridized carbons (Fsp3) is 0.471. The van der Waals surface area contributed by atoms with Crippen LogP contribution < -0.4 is 5.32 Å². The van der Waals surface area contributed by atoms with E-state index in [1.165, 1.54) is 6.07 Å². The lowest BCUT2D eigenvalue weighted by Crippen LogP contribution is -2.50. The molecule has 1 unspecified atom stereocenters. The third-order valence-electron chi connectivity index (χ3n) is 4.25. The highest BCUT2D eigenvalue weighted by atomic mass is 19.1. The number of aliphatic hydroxyl groups excluding tert-OH is 1. The van der Waals surface area contributed by atoms with E-state index in [4.69, 9.17) is 0 Å². The number of piperidine rings is 1. The maximum Gasteiger partial charge on any atom is 0.317 e. The molecule has 1 atom stereocenters. The molecule has 1 heterocycles. The molecule has 1 saturated heterocycles. The van der Waals surface area contributed by atoms with Gasteiger partial charge in [0.1, 0.15) is 5.82 Å². The molecule has 5 heteroatoms. The van der Waals surface area contributed by atoms with Crippen LogP contribution in [0.15, 0.2) is 36.9 Å². The number of aliphatic hydroxyl groups is 1. The van der Waals surface area contributed by atoms with Gasteiger partial charge in [-0.15, -0.1) is 6.58 Å². The number of carbonyl (C=O) groups excluding carboxylic acids is 1. The summed E-state index contributed by atoms with van der Waals surface area (Å²) in [5, 5.41) is 12.4. The molecule has 0 aliphatic carbocycles. The zero-order valence-corrected chi connectivity index (χ0v) is 12.7. The summed E-state index contributed by atoms with van der Waals surface area (Å²) in [6.07, 6.45) is 4.20. The van der Waals surface area contributed by atoms with Gasteiger partial charge in [0.2, 0.25) is 0 Å². The molecule has 0 bridgehead atoms. The van der Waals surface area contributed by atoms with Crippen molar-refractivity contribution in [3.05, 3.63) is 48.3 Å². The molecule has 2 rings (SSSR count). The number of likely N-dealkylation sites (tertiary alicyclic amines) is 1. The SMILES string of the molecule is C=CCC1(CO)CCCN(C(=O)NCc2ccccc2F)C1. The molecule has 1 aromatic carbocycles. The molecule has 22 heavy (non-hydrogen) atoms. The number of urea groups is 1. The monoisotopic (exact) mass is 306 g/mol. The molecule has 1 fully saturated rings. The lowest BCUT2D eigenvalue weighted by atomic mass is 9.78. The van der Waals surface area contributed by atoms with Crippen LogP contribution in [0.25, 0.3) is 0 Å². The Kier molecular flexibility index (Phi) is 5.55. The summed E-state index contributed by atoms with van der Waals surface area (Å²) in [5.41, 5.74) is 0.169. The van der Waals surface area contributed by atoms with Crippen LogP contribution >= 0.6 is 0 Å². The van der Waals surface area contributed by atoms with E-state index in [0.29, 0.717) is 25.1 Å². The van der Waals surface area contributed by atoms with Crippen molar-refractivity contribution in [2.75, 3.05) is 19.7 Å². The molecule has 0 aromatic heterocycles. The van der Waals surface area contributed by atoms with E-state index in [-0.39, 0.29) is 30.4 Å². The van der Waals surface area contributed by atoms with Gasteiger partial charge in [0, 0.05) is 30.6 Å². The van der Waals surface area contributed by atoms with Crippen LogP contribution in [-0.2, 0) is 6.54 Å². The van der Waals surface area contributed by atoms with Crippen LogP contribution in [0.3, 0.4) is 0 Å². The van der Waals surface area contributed by atoms with Crippen LogP contribution in [0.4, 0.5) is 9.18 Å². The molecule has 120 valence electrons. The molecular weight excluding hydrogens is 283 g/mol. The Morgan fingerprint density at radius 2 is 2.27 bits per heavy atom. The van der Waals surface area contributed by atoms with E-state index >= 15 is 0 Å². The Hall–Kier alpha value is -1.88. The van der Waals surface area contributed by atoms with Gasteiger partial charge < -0.3 is 15.3 Å². The zero-order chi connectivity index (χ0) is 16.0. The van der Waals surface area contributed by atoms with Gasteiger partial charge in [-0.25, -0.2) is 9.18 Å². The summed E-state index contributed by atoms with van der Waals surface area (Å²) in [5.74, 6) is -0.321. The summed E-state index contributed by atoms with van der Waals surface area (Å²) >= 11 is 0. The molecule has 0 radical (unpaired) electrons. The van der Waals surface area contributed by atoms with E-state index in [2.05, 4.69) is 11.9 Å². The number of nitrogens with zero attached hydrogens (tertiary/aromatic N) is 1. The Morgan fingerprint density at radius 3 is 2.95 bits per heavy atom. The first-order valence-electron chi connectivity index (χ1n) is 7.58. The number of rotatable bonds is 5. The summed E-state index contributed by atoms with van der Waals surface area (Å²) in [6, 6.07) is 6.18. The van der Waals surface area contributed by atoms with Crippen molar-refractivity contribution in [2.24, 2.45) is 5.41 Å². The van der Waals surface area contributed by atoms with Crippen molar-refractivity contribution in [1.29, 1.82) is 0 Å². The van der Waals surface area contributed by atoms with E-state index in [0.717, 1.165) is 12.8 Å². The molecule has 1 aliphatic rings. The van der Waals surface area contributed by atoms with Crippen LogP contribution in [-0.4, -0.2) is 35.7 Å². The molecule has 4 nitrogen and oxygen atoms in total. The molecule has 1 aromatic rings. The van der Waals surface area contributed by atoms with Gasteiger partial charge in [-0.2, -0.15) is 0 Å². The quantitative estimate of drug-likeness (QED) is 0.822. The van der Waals surface area contributed by atoms with Gasteiger partial charge in [0.05, 0.1) is 6.61 Å². The largest absolute Gasteiger partial charge is 0.396 e. The van der Waals surface area contributed by atoms with E-state index < -0.39 is 0 Å². The van der Waals surface area contributed by atoms with E-state index in [1.54, 1.807) is 29.2 Å². The number of amides is 2. The number of allylic oxidation sites excluding steroid dienone is 1. The van der Waals surface area contributed by atoms with Gasteiger partial charge in [0.15, 0.2) is 0 Å². The van der Waals surface area contributed by atoms with Crippen LogP contribution in [0.1, 0.15) is 24.8 Å². The van der Waals surface area contributed by atoms with Crippen LogP contribution in [0, 0.1) is 11.2 Å². The lowest BCUT2D eigenvalue weighted by Gasteiger charge is -2.41. The lowest BCUT2D eigenvalue weighted by molar-refractivity contribution is 0.0492. The molecule has 1 aliphatic heterocycles. The third kappa shape index (κ3) is 3.85. The van der Waals surface area contributed by atoms with E-state index in [9.17, 15) is 14.3 Å². The normalized spacial score (nSPS) is 21.5. The number of hydrogen-bond acceptors (Lipinski definition) is 2. The first kappa shape index (κ1) is 16.5. The van der Waals surface area contributed by atoms with E-state index in [1.807, 2.05) is 0 Å². The number of benzene rings is 1. The number of nitrogens with one attached hydrogen (secondary N) is 1. The molecule has 0 spiro atoms. The van der Waals surface area contributed by atoms with Gasteiger partial charge in [-0.1, -0.05) is 24.3 Å². The van der Waals surface area contributed by atoms with Gasteiger partial charge in [0.25, 0.3) is 0 Å². The maximum absolute atomic E-state index is 13.6. The Labute approximate surface area is 130 Å².